The number of hydrogen-bond donors (Lipinski definition) is 1. The molecule has 1 aliphatic rings. The van der Waals surface area contributed by atoms with Gasteiger partial charge in [0.15, 0.2) is 0 Å². The molecular formula is C24H19ClN2O4. The van der Waals surface area contributed by atoms with Crippen molar-refractivity contribution in [2.24, 2.45) is 0 Å². The second kappa shape index (κ2) is 8.24. The van der Waals surface area contributed by atoms with Crippen molar-refractivity contribution in [3.05, 3.63) is 94.3 Å². The molecule has 156 valence electrons. The van der Waals surface area contributed by atoms with Gasteiger partial charge in [0, 0.05) is 28.7 Å². The van der Waals surface area contributed by atoms with Crippen molar-refractivity contribution < 1.29 is 19.4 Å². The zero-order valence-electron chi connectivity index (χ0n) is 16.9. The van der Waals surface area contributed by atoms with Gasteiger partial charge in [-0.15, -0.1) is 0 Å². The summed E-state index contributed by atoms with van der Waals surface area (Å²) in [5.74, 6) is -1.10. The molecule has 1 amide bonds. The summed E-state index contributed by atoms with van der Waals surface area (Å²) in [6.45, 7) is 1.83. The number of Topliss-reactive ketones (excluding diaryl/α,β-unsaturated/α-hetero) is 1. The Morgan fingerprint density at radius 1 is 1.13 bits per heavy atom. The lowest BCUT2D eigenvalue weighted by Gasteiger charge is -2.25. The van der Waals surface area contributed by atoms with E-state index in [1.54, 1.807) is 74.1 Å². The first-order chi connectivity index (χ1) is 14.9. The van der Waals surface area contributed by atoms with Gasteiger partial charge in [-0.1, -0.05) is 17.7 Å². The number of pyridine rings is 1. The lowest BCUT2D eigenvalue weighted by atomic mass is 9.95. The van der Waals surface area contributed by atoms with E-state index < -0.39 is 17.7 Å². The van der Waals surface area contributed by atoms with Crippen molar-refractivity contribution in [2.45, 2.75) is 13.0 Å². The Kier molecular flexibility index (Phi) is 5.48. The zero-order valence-corrected chi connectivity index (χ0v) is 17.6. The molecule has 0 saturated carbocycles. The van der Waals surface area contributed by atoms with Crippen LogP contribution in [-0.4, -0.2) is 28.9 Å². The number of ketones is 1. The number of hydrogen-bond acceptors (Lipinski definition) is 5. The van der Waals surface area contributed by atoms with Crippen LogP contribution in [0.15, 0.2) is 72.6 Å². The highest BCUT2D eigenvalue weighted by Gasteiger charge is 2.47. The summed E-state index contributed by atoms with van der Waals surface area (Å²) >= 11 is 6.00. The number of aromatic nitrogens is 1. The molecule has 1 N–H and O–H groups in total. The highest BCUT2D eigenvalue weighted by Crippen LogP contribution is 2.42. The predicted octanol–water partition coefficient (Wildman–Crippen LogP) is 4.68. The van der Waals surface area contributed by atoms with Crippen molar-refractivity contribution in [1.29, 1.82) is 0 Å². The van der Waals surface area contributed by atoms with E-state index in [0.29, 0.717) is 27.6 Å². The molecule has 1 saturated heterocycles. The van der Waals surface area contributed by atoms with E-state index in [9.17, 15) is 14.7 Å². The van der Waals surface area contributed by atoms with Crippen LogP contribution in [-0.2, 0) is 9.59 Å². The van der Waals surface area contributed by atoms with Crippen molar-refractivity contribution in [2.75, 3.05) is 12.0 Å². The fourth-order valence-corrected chi connectivity index (χ4v) is 3.86. The smallest absolute Gasteiger partial charge is 0.300 e. The van der Waals surface area contributed by atoms with Crippen LogP contribution in [0.25, 0.3) is 5.76 Å². The Hall–Kier alpha value is -3.64. The fraction of sp³-hybridized carbons (Fsp3) is 0.125. The number of carbonyl (C=O) groups is 2. The quantitative estimate of drug-likeness (QED) is 0.366. The fourth-order valence-electron chi connectivity index (χ4n) is 3.73. The van der Waals surface area contributed by atoms with Crippen LogP contribution in [0.4, 0.5) is 5.69 Å². The summed E-state index contributed by atoms with van der Waals surface area (Å²) in [6, 6.07) is 14.3. The Morgan fingerprint density at radius 3 is 2.48 bits per heavy atom. The van der Waals surface area contributed by atoms with Crippen molar-refractivity contribution in [3.63, 3.8) is 0 Å². The van der Waals surface area contributed by atoms with Crippen LogP contribution in [0.3, 0.4) is 0 Å². The van der Waals surface area contributed by atoms with Crippen molar-refractivity contribution in [3.8, 4) is 5.75 Å². The van der Waals surface area contributed by atoms with Crippen LogP contribution >= 0.6 is 11.6 Å². The summed E-state index contributed by atoms with van der Waals surface area (Å²) in [7, 11) is 1.56. The molecule has 0 aliphatic carbocycles. The zero-order chi connectivity index (χ0) is 22.1. The van der Waals surface area contributed by atoms with Gasteiger partial charge in [-0.25, -0.2) is 0 Å². The number of nitrogens with zero attached hydrogens (tertiary/aromatic N) is 2. The number of ether oxygens (including phenoxy) is 1. The van der Waals surface area contributed by atoms with Gasteiger partial charge < -0.3 is 9.84 Å². The molecule has 2 heterocycles. The first-order valence-electron chi connectivity index (χ1n) is 9.54. The molecule has 7 heteroatoms. The maximum Gasteiger partial charge on any atom is 0.300 e. The minimum atomic E-state index is -0.836. The highest BCUT2D eigenvalue weighted by molar-refractivity contribution is 6.51. The van der Waals surface area contributed by atoms with E-state index in [4.69, 9.17) is 16.3 Å². The molecule has 2 aromatic carbocycles. The summed E-state index contributed by atoms with van der Waals surface area (Å²) in [5.41, 5.74) is 2.30. The lowest BCUT2D eigenvalue weighted by Crippen LogP contribution is -2.29. The summed E-state index contributed by atoms with van der Waals surface area (Å²) < 4.78 is 5.27. The molecular weight excluding hydrogens is 416 g/mol. The lowest BCUT2D eigenvalue weighted by molar-refractivity contribution is -0.132. The van der Waals surface area contributed by atoms with Crippen molar-refractivity contribution >= 4 is 34.7 Å². The van der Waals surface area contributed by atoms with Gasteiger partial charge in [0.1, 0.15) is 11.5 Å². The molecule has 1 atom stereocenters. The largest absolute Gasteiger partial charge is 0.507 e. The molecule has 0 spiro atoms. The molecule has 3 aromatic rings. The summed E-state index contributed by atoms with van der Waals surface area (Å²) in [6.07, 6.45) is 3.18. The molecule has 6 nitrogen and oxygen atoms in total. The Balaban J connectivity index is 1.92. The van der Waals surface area contributed by atoms with Gasteiger partial charge in [-0.05, 0) is 66.6 Å². The Labute approximate surface area is 184 Å². The SMILES string of the molecule is COc1ccc(/C(O)=C2/C(=O)C(=O)N(c3ccc(Cl)cc3)C2c2cccnc2)cc1C. The summed E-state index contributed by atoms with van der Waals surface area (Å²) in [5, 5.41) is 11.6. The Morgan fingerprint density at radius 2 is 1.87 bits per heavy atom. The second-order valence-electron chi connectivity index (χ2n) is 7.12. The molecule has 1 unspecified atom stereocenters. The molecule has 31 heavy (non-hydrogen) atoms. The first-order valence-corrected chi connectivity index (χ1v) is 9.91. The number of halogens is 1. The minimum Gasteiger partial charge on any atom is -0.507 e. The maximum atomic E-state index is 13.1. The van der Waals surface area contributed by atoms with E-state index in [1.165, 1.54) is 4.90 Å². The monoisotopic (exact) mass is 434 g/mol. The van der Waals surface area contributed by atoms with E-state index in [2.05, 4.69) is 4.98 Å². The predicted molar refractivity (Wildman–Crippen MR) is 118 cm³/mol. The number of amides is 1. The average Bonchev–Trinajstić information content (AvgIpc) is 3.05. The number of aryl methyl sites for hydroxylation is 1. The third kappa shape index (κ3) is 3.66. The highest BCUT2D eigenvalue weighted by atomic mass is 35.5. The van der Waals surface area contributed by atoms with E-state index in [1.807, 2.05) is 6.92 Å². The molecule has 1 aromatic heterocycles. The van der Waals surface area contributed by atoms with Gasteiger partial charge in [0.05, 0.1) is 18.7 Å². The summed E-state index contributed by atoms with van der Waals surface area (Å²) in [4.78, 5) is 31.6. The maximum absolute atomic E-state index is 13.1. The van der Waals surface area contributed by atoms with Gasteiger partial charge in [-0.2, -0.15) is 0 Å². The number of aliphatic hydroxyl groups excluding tert-OH is 1. The molecule has 0 radical (unpaired) electrons. The van der Waals surface area contributed by atoms with Crippen LogP contribution in [0.5, 0.6) is 5.75 Å². The van der Waals surface area contributed by atoms with Crippen LogP contribution in [0.2, 0.25) is 5.02 Å². The number of aliphatic hydroxyl groups is 1. The molecule has 1 aliphatic heterocycles. The van der Waals surface area contributed by atoms with E-state index in [0.717, 1.165) is 5.56 Å². The second-order valence-corrected chi connectivity index (χ2v) is 7.55. The topological polar surface area (TPSA) is 79.7 Å². The van der Waals surface area contributed by atoms with E-state index in [-0.39, 0.29) is 11.3 Å². The number of rotatable bonds is 4. The van der Waals surface area contributed by atoms with Gasteiger partial charge in [0.2, 0.25) is 0 Å². The van der Waals surface area contributed by atoms with Gasteiger partial charge in [-0.3, -0.25) is 19.5 Å². The number of anilines is 1. The molecule has 4 rings (SSSR count). The number of carbonyl (C=O) groups excluding carboxylic acids is 2. The van der Waals surface area contributed by atoms with Crippen LogP contribution < -0.4 is 9.64 Å². The molecule has 1 fully saturated rings. The molecule has 0 bridgehead atoms. The third-order valence-corrected chi connectivity index (χ3v) is 5.47. The van der Waals surface area contributed by atoms with Gasteiger partial charge >= 0.3 is 0 Å². The van der Waals surface area contributed by atoms with E-state index >= 15 is 0 Å². The Bertz CT molecular complexity index is 1190. The van der Waals surface area contributed by atoms with Crippen LogP contribution in [0, 0.1) is 6.92 Å². The van der Waals surface area contributed by atoms with Crippen molar-refractivity contribution in [1.82, 2.24) is 4.98 Å². The number of benzene rings is 2. The third-order valence-electron chi connectivity index (χ3n) is 5.22. The minimum absolute atomic E-state index is 0.00230. The van der Waals surface area contributed by atoms with Crippen LogP contribution in [0.1, 0.15) is 22.7 Å². The first kappa shape index (κ1) is 20.6. The normalized spacial score (nSPS) is 17.8. The average molecular weight is 435 g/mol. The number of methoxy groups -OCH3 is 1. The van der Waals surface area contributed by atoms with Gasteiger partial charge in [0.25, 0.3) is 11.7 Å². The standard InChI is InChI=1S/C24H19ClN2O4/c1-14-12-15(5-10-19(14)31-2)22(28)20-21(16-4-3-11-26-13-16)27(24(30)23(20)29)18-8-6-17(25)7-9-18/h3-13,21,28H,1-2H3/b22-20-.